The number of anilines is 2. The fourth-order valence-corrected chi connectivity index (χ4v) is 6.35. The van der Waals surface area contributed by atoms with Crippen LogP contribution in [-0.4, -0.2) is 35.1 Å². The Labute approximate surface area is 282 Å². The van der Waals surface area contributed by atoms with Crippen LogP contribution in [0.5, 0.6) is 5.75 Å². The van der Waals surface area contributed by atoms with E-state index in [1.165, 1.54) is 23.1 Å². The average Bonchev–Trinajstić information content (AvgIpc) is 3.55. The van der Waals surface area contributed by atoms with Crippen molar-refractivity contribution in [1.82, 2.24) is 10.3 Å². The number of rotatable bonds is 12. The Morgan fingerprint density at radius 1 is 0.915 bits per heavy atom. The van der Waals surface area contributed by atoms with Crippen LogP contribution in [0.25, 0.3) is 17.3 Å². The van der Waals surface area contributed by atoms with Crippen molar-refractivity contribution in [3.8, 4) is 17.0 Å². The first-order valence-corrected chi connectivity index (χ1v) is 16.7. The average molecular weight is 663 g/mol. The Balaban J connectivity index is 1.26. The minimum atomic E-state index is -0.473. The minimum absolute atomic E-state index is 0.103. The second-order valence-electron chi connectivity index (χ2n) is 10.5. The maximum absolute atomic E-state index is 13.5. The van der Waals surface area contributed by atoms with E-state index in [4.69, 9.17) is 4.74 Å². The molecule has 5 aromatic rings. The van der Waals surface area contributed by atoms with Gasteiger partial charge in [0.15, 0.2) is 5.13 Å². The SMILES string of the molecule is CCC(Sc1cccc(NC(=O)/C(=C\c2cccc(C)c2)NC(=O)c2ccccc2)c1)C(=O)Nc1nc(-c2ccc(OC)cc2)cs1. The van der Waals surface area contributed by atoms with Crippen molar-refractivity contribution in [2.75, 3.05) is 17.7 Å². The number of amides is 3. The van der Waals surface area contributed by atoms with E-state index in [1.807, 2.05) is 92.0 Å². The number of carbonyl (C=O) groups excluding carboxylic acids is 3. The number of hydrogen-bond acceptors (Lipinski definition) is 7. The summed E-state index contributed by atoms with van der Waals surface area (Å²) in [6.45, 7) is 3.91. The van der Waals surface area contributed by atoms with E-state index >= 15 is 0 Å². The molecule has 0 spiro atoms. The molecule has 10 heteroatoms. The molecule has 0 fully saturated rings. The monoisotopic (exact) mass is 662 g/mol. The van der Waals surface area contributed by atoms with Crippen molar-refractivity contribution in [2.24, 2.45) is 0 Å². The van der Waals surface area contributed by atoms with E-state index < -0.39 is 17.1 Å². The van der Waals surface area contributed by atoms with Crippen LogP contribution in [0.1, 0.15) is 34.8 Å². The standard InChI is InChI=1S/C37H34N4O4S2/c1-4-33(36(44)41-37-40-32(23-46-37)26-16-18-29(45-3)19-17-26)47-30-15-9-14-28(22-30)38-35(43)31(21-25-11-8-10-24(2)20-25)39-34(42)27-12-6-5-7-13-27/h5-23,33H,4H2,1-3H3,(H,38,43)(H,39,42)(H,40,41,44)/b31-21+. The van der Waals surface area contributed by atoms with E-state index in [0.717, 1.165) is 33.0 Å². The molecule has 0 radical (unpaired) electrons. The first-order valence-electron chi connectivity index (χ1n) is 14.9. The van der Waals surface area contributed by atoms with Crippen molar-refractivity contribution in [3.63, 3.8) is 0 Å². The molecule has 1 heterocycles. The number of aryl methyl sites for hydroxylation is 1. The molecule has 47 heavy (non-hydrogen) atoms. The Hall–Kier alpha value is -5.19. The van der Waals surface area contributed by atoms with Gasteiger partial charge in [0, 0.05) is 27.1 Å². The summed E-state index contributed by atoms with van der Waals surface area (Å²) in [5.41, 5.74) is 4.58. The smallest absolute Gasteiger partial charge is 0.272 e. The highest BCUT2D eigenvalue weighted by Gasteiger charge is 2.21. The van der Waals surface area contributed by atoms with Crippen LogP contribution in [0.2, 0.25) is 0 Å². The molecule has 3 N–H and O–H groups in total. The molecule has 0 bridgehead atoms. The lowest BCUT2D eigenvalue weighted by molar-refractivity contribution is -0.116. The number of ether oxygens (including phenoxy) is 1. The van der Waals surface area contributed by atoms with Crippen molar-refractivity contribution >= 4 is 57.7 Å². The van der Waals surface area contributed by atoms with Gasteiger partial charge >= 0.3 is 0 Å². The lowest BCUT2D eigenvalue weighted by Crippen LogP contribution is -2.30. The first-order chi connectivity index (χ1) is 22.8. The number of thioether (sulfide) groups is 1. The second kappa shape index (κ2) is 15.9. The summed E-state index contributed by atoms with van der Waals surface area (Å²) in [6, 6.07) is 31.3. The number of benzene rings is 4. The Bertz CT molecular complexity index is 1890. The molecular formula is C37H34N4O4S2. The van der Waals surface area contributed by atoms with Crippen LogP contribution < -0.4 is 20.7 Å². The van der Waals surface area contributed by atoms with Gasteiger partial charge in [-0.1, -0.05) is 61.0 Å². The maximum atomic E-state index is 13.5. The number of methoxy groups -OCH3 is 1. The molecule has 1 aromatic heterocycles. The van der Waals surface area contributed by atoms with Gasteiger partial charge in [-0.05, 0) is 79.6 Å². The maximum Gasteiger partial charge on any atom is 0.272 e. The third kappa shape index (κ3) is 9.18. The van der Waals surface area contributed by atoms with Gasteiger partial charge in [0.1, 0.15) is 11.4 Å². The molecule has 5 rings (SSSR count). The summed E-state index contributed by atoms with van der Waals surface area (Å²) in [5, 5.41) is 10.7. The number of aromatic nitrogens is 1. The molecule has 0 aliphatic rings. The number of nitrogens with one attached hydrogen (secondary N) is 3. The zero-order chi connectivity index (χ0) is 33.2. The fourth-order valence-electron chi connectivity index (χ4n) is 4.61. The van der Waals surface area contributed by atoms with E-state index in [2.05, 4.69) is 20.9 Å². The Kier molecular flexibility index (Phi) is 11.2. The molecule has 238 valence electrons. The number of nitrogens with zero attached hydrogens (tertiary/aromatic N) is 1. The zero-order valence-electron chi connectivity index (χ0n) is 26.2. The van der Waals surface area contributed by atoms with Crippen LogP contribution in [0, 0.1) is 6.92 Å². The molecule has 0 aliphatic carbocycles. The quantitative estimate of drug-likeness (QED) is 0.0922. The molecule has 0 saturated heterocycles. The molecule has 1 unspecified atom stereocenters. The first kappa shape index (κ1) is 33.2. The zero-order valence-corrected chi connectivity index (χ0v) is 27.8. The van der Waals surface area contributed by atoms with Crippen LogP contribution in [0.15, 0.2) is 119 Å². The van der Waals surface area contributed by atoms with Gasteiger partial charge in [-0.3, -0.25) is 14.4 Å². The molecule has 3 amide bonds. The summed E-state index contributed by atoms with van der Waals surface area (Å²) >= 11 is 2.77. The molecule has 0 saturated carbocycles. The summed E-state index contributed by atoms with van der Waals surface area (Å²) in [5.74, 6) is -0.260. The van der Waals surface area contributed by atoms with Gasteiger partial charge in [0.25, 0.3) is 11.8 Å². The lowest BCUT2D eigenvalue weighted by atomic mass is 10.1. The van der Waals surface area contributed by atoms with Crippen LogP contribution >= 0.6 is 23.1 Å². The predicted molar refractivity (Wildman–Crippen MR) is 191 cm³/mol. The van der Waals surface area contributed by atoms with Gasteiger partial charge in [0.05, 0.1) is 18.1 Å². The number of hydrogen-bond donors (Lipinski definition) is 3. The van der Waals surface area contributed by atoms with Crippen molar-refractivity contribution < 1.29 is 19.1 Å². The molecule has 0 aliphatic heterocycles. The van der Waals surface area contributed by atoms with E-state index in [0.29, 0.717) is 22.8 Å². The number of thiazole rings is 1. The normalized spacial score (nSPS) is 11.8. The second-order valence-corrected chi connectivity index (χ2v) is 12.7. The van der Waals surface area contributed by atoms with E-state index in [1.54, 1.807) is 43.5 Å². The molecule has 4 aromatic carbocycles. The summed E-state index contributed by atoms with van der Waals surface area (Å²) < 4.78 is 5.23. The third-order valence-corrected chi connectivity index (χ3v) is 9.15. The predicted octanol–water partition coefficient (Wildman–Crippen LogP) is 8.05. The largest absolute Gasteiger partial charge is 0.497 e. The summed E-state index contributed by atoms with van der Waals surface area (Å²) in [7, 11) is 1.62. The fraction of sp³-hybridized carbons (Fsp3) is 0.135. The molecular weight excluding hydrogens is 629 g/mol. The minimum Gasteiger partial charge on any atom is -0.497 e. The molecule has 1 atom stereocenters. The third-order valence-electron chi connectivity index (χ3n) is 7.04. The topological polar surface area (TPSA) is 109 Å². The Morgan fingerprint density at radius 2 is 1.68 bits per heavy atom. The van der Waals surface area contributed by atoms with Crippen LogP contribution in [0.3, 0.4) is 0 Å². The molecule has 8 nitrogen and oxygen atoms in total. The van der Waals surface area contributed by atoms with Gasteiger partial charge in [-0.15, -0.1) is 23.1 Å². The lowest BCUT2D eigenvalue weighted by Gasteiger charge is -2.15. The van der Waals surface area contributed by atoms with Crippen LogP contribution in [-0.2, 0) is 9.59 Å². The Morgan fingerprint density at radius 3 is 2.40 bits per heavy atom. The van der Waals surface area contributed by atoms with Gasteiger partial charge in [-0.25, -0.2) is 4.98 Å². The highest BCUT2D eigenvalue weighted by Crippen LogP contribution is 2.31. The van der Waals surface area contributed by atoms with Crippen molar-refractivity contribution in [2.45, 2.75) is 30.4 Å². The van der Waals surface area contributed by atoms with Gasteiger partial charge in [0.2, 0.25) is 5.91 Å². The van der Waals surface area contributed by atoms with Gasteiger partial charge in [-0.2, -0.15) is 0 Å². The number of carbonyl (C=O) groups is 3. The highest BCUT2D eigenvalue weighted by molar-refractivity contribution is 8.00. The van der Waals surface area contributed by atoms with Gasteiger partial charge < -0.3 is 20.7 Å². The highest BCUT2D eigenvalue weighted by atomic mass is 32.2. The van der Waals surface area contributed by atoms with Crippen molar-refractivity contribution in [1.29, 1.82) is 0 Å². The van der Waals surface area contributed by atoms with E-state index in [-0.39, 0.29) is 11.6 Å². The van der Waals surface area contributed by atoms with Crippen molar-refractivity contribution in [3.05, 3.63) is 131 Å². The summed E-state index contributed by atoms with van der Waals surface area (Å²) in [6.07, 6.45) is 2.23. The van der Waals surface area contributed by atoms with E-state index in [9.17, 15) is 14.4 Å². The summed E-state index contributed by atoms with van der Waals surface area (Å²) in [4.78, 5) is 45.2. The van der Waals surface area contributed by atoms with Crippen LogP contribution in [0.4, 0.5) is 10.8 Å².